The summed E-state index contributed by atoms with van der Waals surface area (Å²) in [6.45, 7) is 2.34. The smallest absolute Gasteiger partial charge is 0.320 e. The van der Waals surface area contributed by atoms with E-state index in [4.69, 9.17) is 10.5 Å². The summed E-state index contributed by atoms with van der Waals surface area (Å²) in [5.74, 6) is 1.32. The molecule has 4 bridgehead atoms. The Morgan fingerprint density at radius 1 is 1.10 bits per heavy atom. The van der Waals surface area contributed by atoms with E-state index in [0.29, 0.717) is 49.6 Å². The van der Waals surface area contributed by atoms with Crippen LogP contribution >= 0.6 is 0 Å². The number of nitrogens with zero attached hydrogens (tertiary/aromatic N) is 2. The monoisotopic (exact) mass is 429 g/mol. The molecule has 0 aromatic heterocycles. The van der Waals surface area contributed by atoms with Crippen LogP contribution in [0.4, 0.5) is 9.18 Å². The molecule has 4 saturated carbocycles. The highest BCUT2D eigenvalue weighted by atomic mass is 19.1. The Balaban J connectivity index is 1.46. The van der Waals surface area contributed by atoms with Crippen LogP contribution < -0.4 is 5.73 Å². The van der Waals surface area contributed by atoms with Gasteiger partial charge in [-0.3, -0.25) is 4.79 Å². The zero-order valence-corrected chi connectivity index (χ0v) is 18.0. The number of hydrogen-bond donors (Lipinski definition) is 1. The molecule has 31 heavy (non-hydrogen) atoms. The van der Waals surface area contributed by atoms with Gasteiger partial charge >= 0.3 is 6.03 Å². The fourth-order valence-corrected chi connectivity index (χ4v) is 6.90. The molecular weight excluding hydrogens is 397 g/mol. The van der Waals surface area contributed by atoms with E-state index in [1.807, 2.05) is 9.80 Å². The molecule has 1 heterocycles. The number of rotatable bonds is 5. The minimum absolute atomic E-state index is 0.00626. The first kappa shape index (κ1) is 20.9. The van der Waals surface area contributed by atoms with Crippen molar-refractivity contribution >= 4 is 11.8 Å². The largest absolute Gasteiger partial charge is 0.378 e. The lowest BCUT2D eigenvalue weighted by atomic mass is 9.52. The van der Waals surface area contributed by atoms with E-state index in [2.05, 4.69) is 0 Å². The third-order valence-electron chi connectivity index (χ3n) is 7.98. The Kier molecular flexibility index (Phi) is 5.51. The molecule has 1 aliphatic heterocycles. The van der Waals surface area contributed by atoms with Crippen molar-refractivity contribution in [2.24, 2.45) is 23.5 Å². The van der Waals surface area contributed by atoms with Crippen LogP contribution in [0.5, 0.6) is 0 Å². The Labute approximate surface area is 182 Å². The van der Waals surface area contributed by atoms with Crippen molar-refractivity contribution < 1.29 is 18.7 Å². The van der Waals surface area contributed by atoms with Gasteiger partial charge in [0.1, 0.15) is 5.82 Å². The predicted molar refractivity (Wildman–Crippen MR) is 114 cm³/mol. The lowest BCUT2D eigenvalue weighted by Gasteiger charge is -2.60. The lowest BCUT2D eigenvalue weighted by Crippen LogP contribution is -2.64. The Morgan fingerprint density at radius 2 is 1.71 bits per heavy atom. The summed E-state index contributed by atoms with van der Waals surface area (Å²) in [6.07, 6.45) is 6.93. The summed E-state index contributed by atoms with van der Waals surface area (Å²) in [6, 6.07) is 4.55. The second-order valence-electron chi connectivity index (χ2n) is 10.0. The highest BCUT2D eigenvalue weighted by Gasteiger charge is 2.55. The highest BCUT2D eigenvalue weighted by molar-refractivity contribution is 5.97. The maximum absolute atomic E-state index is 15.0. The molecular formula is C24H32FN3O3. The van der Waals surface area contributed by atoms with Crippen LogP contribution in [0.3, 0.4) is 0 Å². The Bertz CT molecular complexity index is 832. The molecule has 2 N–H and O–H groups in total. The number of halogens is 1. The van der Waals surface area contributed by atoms with Crippen LogP contribution in [0.2, 0.25) is 0 Å². The number of morpholine rings is 1. The van der Waals surface area contributed by atoms with Gasteiger partial charge in [-0.25, -0.2) is 9.18 Å². The number of Topliss-reactive ketones (excluding diaryl/α,β-unsaturated/α-hetero) is 1. The lowest BCUT2D eigenvalue weighted by molar-refractivity contribution is -0.0810. The second-order valence-corrected chi connectivity index (χ2v) is 10.0. The number of hydrogen-bond acceptors (Lipinski definition) is 4. The molecule has 0 spiro atoms. The van der Waals surface area contributed by atoms with Crippen molar-refractivity contribution in [3.8, 4) is 0 Å². The summed E-state index contributed by atoms with van der Waals surface area (Å²) >= 11 is 0. The molecule has 2 amide bonds. The number of ketones is 1. The SMILES string of the molecule is NCC(=O)c1ccc(CN(C(=O)N2CCOCC2)C23CC4CC(CC(C4)C2)C3)c(F)c1. The number of benzene rings is 1. The number of ether oxygens (including phenoxy) is 1. The van der Waals surface area contributed by atoms with E-state index in [1.54, 1.807) is 12.1 Å². The van der Waals surface area contributed by atoms with Crippen LogP contribution in [0.1, 0.15) is 54.4 Å². The molecule has 6 rings (SSSR count). The first-order valence-electron chi connectivity index (χ1n) is 11.6. The van der Waals surface area contributed by atoms with Crippen molar-refractivity contribution in [3.63, 3.8) is 0 Å². The van der Waals surface area contributed by atoms with Gasteiger partial charge < -0.3 is 20.3 Å². The highest BCUT2D eigenvalue weighted by Crippen LogP contribution is 2.58. The van der Waals surface area contributed by atoms with Gasteiger partial charge in [0, 0.05) is 29.8 Å². The molecule has 168 valence electrons. The van der Waals surface area contributed by atoms with Gasteiger partial charge in [-0.1, -0.05) is 12.1 Å². The average molecular weight is 430 g/mol. The van der Waals surface area contributed by atoms with E-state index in [1.165, 1.54) is 25.3 Å². The molecule has 4 aliphatic carbocycles. The summed E-state index contributed by atoms with van der Waals surface area (Å²) < 4.78 is 20.5. The normalized spacial score (nSPS) is 31.7. The number of amides is 2. The van der Waals surface area contributed by atoms with E-state index < -0.39 is 5.82 Å². The fraction of sp³-hybridized carbons (Fsp3) is 0.667. The molecule has 1 aromatic rings. The third-order valence-corrected chi connectivity index (χ3v) is 7.98. The molecule has 5 aliphatic rings. The van der Waals surface area contributed by atoms with E-state index >= 15 is 4.39 Å². The van der Waals surface area contributed by atoms with E-state index in [9.17, 15) is 9.59 Å². The van der Waals surface area contributed by atoms with Gasteiger partial charge in [-0.05, 0) is 62.3 Å². The fourth-order valence-electron chi connectivity index (χ4n) is 6.90. The third kappa shape index (κ3) is 3.87. The van der Waals surface area contributed by atoms with Gasteiger partial charge in [0.2, 0.25) is 0 Å². The van der Waals surface area contributed by atoms with Crippen molar-refractivity contribution in [2.75, 3.05) is 32.8 Å². The molecule has 6 nitrogen and oxygen atoms in total. The maximum Gasteiger partial charge on any atom is 0.320 e. The van der Waals surface area contributed by atoms with E-state index in [-0.39, 0.29) is 36.0 Å². The van der Waals surface area contributed by atoms with Crippen molar-refractivity contribution in [1.82, 2.24) is 9.80 Å². The average Bonchev–Trinajstić information content (AvgIpc) is 2.76. The van der Waals surface area contributed by atoms with Crippen LogP contribution in [-0.4, -0.2) is 60.0 Å². The molecule has 0 unspecified atom stereocenters. The summed E-state index contributed by atoms with van der Waals surface area (Å²) in [4.78, 5) is 29.5. The number of carbonyl (C=O) groups is 2. The Morgan fingerprint density at radius 3 is 2.26 bits per heavy atom. The first-order valence-corrected chi connectivity index (χ1v) is 11.6. The quantitative estimate of drug-likeness (QED) is 0.730. The van der Waals surface area contributed by atoms with Crippen molar-refractivity contribution in [2.45, 2.75) is 50.6 Å². The minimum atomic E-state index is -0.441. The molecule has 0 radical (unpaired) electrons. The topological polar surface area (TPSA) is 75.9 Å². The van der Waals surface area contributed by atoms with Crippen LogP contribution in [0.15, 0.2) is 18.2 Å². The van der Waals surface area contributed by atoms with Crippen molar-refractivity contribution in [1.29, 1.82) is 0 Å². The van der Waals surface area contributed by atoms with Gasteiger partial charge in [-0.15, -0.1) is 0 Å². The number of nitrogens with two attached hydrogens (primary N) is 1. The minimum Gasteiger partial charge on any atom is -0.378 e. The van der Waals surface area contributed by atoms with Gasteiger partial charge in [0.25, 0.3) is 0 Å². The molecule has 1 aromatic carbocycles. The number of urea groups is 1. The zero-order valence-electron chi connectivity index (χ0n) is 18.0. The van der Waals surface area contributed by atoms with Gasteiger partial charge in [-0.2, -0.15) is 0 Å². The standard InChI is InChI=1S/C24H32FN3O3/c25-21-10-19(22(29)14-26)1-2-20(21)15-28(23(30)27-3-5-31-6-4-27)24-11-16-7-17(12-24)9-18(8-16)13-24/h1-2,10,16-18H,3-9,11-15,26H2. The summed E-state index contributed by atoms with van der Waals surface area (Å²) in [5, 5.41) is 0. The molecule has 0 atom stereocenters. The Hall–Kier alpha value is -1.99. The predicted octanol–water partition coefficient (Wildman–Crippen LogP) is 3.19. The van der Waals surface area contributed by atoms with Crippen molar-refractivity contribution in [3.05, 3.63) is 35.1 Å². The van der Waals surface area contributed by atoms with Gasteiger partial charge in [0.15, 0.2) is 5.78 Å². The molecule has 1 saturated heterocycles. The molecule has 5 fully saturated rings. The second kappa shape index (κ2) is 8.17. The van der Waals surface area contributed by atoms with Crippen LogP contribution in [0, 0.1) is 23.6 Å². The zero-order chi connectivity index (χ0) is 21.6. The summed E-state index contributed by atoms with van der Waals surface area (Å²) in [7, 11) is 0. The first-order chi connectivity index (χ1) is 15.0. The summed E-state index contributed by atoms with van der Waals surface area (Å²) in [5.41, 5.74) is 5.99. The van der Waals surface area contributed by atoms with Crippen LogP contribution in [0.25, 0.3) is 0 Å². The maximum atomic E-state index is 15.0. The van der Waals surface area contributed by atoms with Gasteiger partial charge in [0.05, 0.1) is 26.3 Å². The van der Waals surface area contributed by atoms with E-state index in [0.717, 1.165) is 19.3 Å². The number of carbonyl (C=O) groups excluding carboxylic acids is 2. The molecule has 7 heteroatoms. The van der Waals surface area contributed by atoms with Crippen LogP contribution in [-0.2, 0) is 11.3 Å².